The number of anilines is 1. The zero-order valence-corrected chi connectivity index (χ0v) is 16.1. The van der Waals surface area contributed by atoms with Crippen molar-refractivity contribution in [3.63, 3.8) is 0 Å². The number of halogens is 1. The molecule has 2 rings (SSSR count). The highest BCUT2D eigenvalue weighted by Crippen LogP contribution is 2.19. The number of hydrogen-bond donors (Lipinski definition) is 2. The van der Waals surface area contributed by atoms with E-state index in [2.05, 4.69) is 5.32 Å². The van der Waals surface area contributed by atoms with Gasteiger partial charge in [-0.1, -0.05) is 29.3 Å². The van der Waals surface area contributed by atoms with Crippen LogP contribution >= 0.6 is 11.6 Å². The molecule has 2 aromatic carbocycles. The molecule has 8 heteroatoms. The Kier molecular flexibility index (Phi) is 6.77. The lowest BCUT2D eigenvalue weighted by molar-refractivity contribution is -0.116. The maximum absolute atomic E-state index is 12.7. The van der Waals surface area contributed by atoms with Gasteiger partial charge in [-0.3, -0.25) is 4.79 Å². The van der Waals surface area contributed by atoms with E-state index in [1.165, 1.54) is 24.3 Å². The number of nitrogens with one attached hydrogen (secondary N) is 1. The summed E-state index contributed by atoms with van der Waals surface area (Å²) in [5, 5.41) is 12.3. The number of sulfonamides is 1. The van der Waals surface area contributed by atoms with Gasteiger partial charge < -0.3 is 10.4 Å². The van der Waals surface area contributed by atoms with Crippen molar-refractivity contribution in [2.45, 2.75) is 18.7 Å². The number of aliphatic hydroxyl groups excluding tert-OH is 1. The van der Waals surface area contributed by atoms with Crippen molar-refractivity contribution in [3.05, 3.63) is 58.6 Å². The molecule has 1 amide bonds. The van der Waals surface area contributed by atoms with Gasteiger partial charge in [-0.05, 0) is 49.7 Å². The number of aryl methyl sites for hydroxylation is 2. The molecule has 0 radical (unpaired) electrons. The van der Waals surface area contributed by atoms with Crippen molar-refractivity contribution < 1.29 is 18.3 Å². The Labute approximate surface area is 158 Å². The Bertz CT molecular complexity index is 883. The minimum absolute atomic E-state index is 0.00895. The summed E-state index contributed by atoms with van der Waals surface area (Å²) in [6, 6.07) is 11.2. The van der Waals surface area contributed by atoms with Gasteiger partial charge in [0.25, 0.3) is 0 Å². The molecule has 0 aromatic heterocycles. The van der Waals surface area contributed by atoms with E-state index in [9.17, 15) is 18.3 Å². The van der Waals surface area contributed by atoms with Crippen LogP contribution < -0.4 is 5.32 Å². The second-order valence-corrected chi connectivity index (χ2v) is 8.26. The van der Waals surface area contributed by atoms with E-state index in [0.717, 1.165) is 15.4 Å². The van der Waals surface area contributed by atoms with Crippen LogP contribution in [0, 0.1) is 13.8 Å². The molecular weight excluding hydrogens is 376 g/mol. The van der Waals surface area contributed by atoms with Crippen molar-refractivity contribution in [2.75, 3.05) is 25.0 Å². The molecule has 0 aliphatic carbocycles. The summed E-state index contributed by atoms with van der Waals surface area (Å²) < 4.78 is 26.4. The number of nitrogens with zero attached hydrogens (tertiary/aromatic N) is 1. The van der Waals surface area contributed by atoms with Crippen LogP contribution in [0.3, 0.4) is 0 Å². The molecule has 2 aromatic rings. The van der Waals surface area contributed by atoms with Gasteiger partial charge in [-0.25, -0.2) is 8.42 Å². The second kappa shape index (κ2) is 8.64. The predicted molar refractivity (Wildman–Crippen MR) is 102 cm³/mol. The first-order chi connectivity index (χ1) is 12.2. The molecule has 0 aliphatic rings. The van der Waals surface area contributed by atoms with Crippen LogP contribution in [0.5, 0.6) is 0 Å². The van der Waals surface area contributed by atoms with Gasteiger partial charge in [0.15, 0.2) is 0 Å². The average molecular weight is 397 g/mol. The lowest BCUT2D eigenvalue weighted by Crippen LogP contribution is -2.39. The van der Waals surface area contributed by atoms with Crippen molar-refractivity contribution in [2.24, 2.45) is 0 Å². The van der Waals surface area contributed by atoms with E-state index in [0.29, 0.717) is 10.7 Å². The first kappa shape index (κ1) is 20.4. The zero-order chi connectivity index (χ0) is 19.3. The Morgan fingerprint density at radius 1 is 1.15 bits per heavy atom. The first-order valence-corrected chi connectivity index (χ1v) is 9.79. The van der Waals surface area contributed by atoms with E-state index >= 15 is 0 Å². The molecule has 0 saturated heterocycles. The summed E-state index contributed by atoms with van der Waals surface area (Å²) >= 11 is 5.79. The SMILES string of the molecule is Cc1ccc(NC(=O)CN(CCO)S(=O)(=O)c2ccc(Cl)cc2)c(C)c1. The fourth-order valence-corrected chi connectivity index (χ4v) is 3.97. The summed E-state index contributed by atoms with van der Waals surface area (Å²) in [7, 11) is -3.93. The quantitative estimate of drug-likeness (QED) is 0.753. The van der Waals surface area contributed by atoms with E-state index in [4.69, 9.17) is 11.6 Å². The van der Waals surface area contributed by atoms with Crippen LogP contribution in [-0.4, -0.2) is 43.4 Å². The van der Waals surface area contributed by atoms with Crippen LogP contribution in [0.4, 0.5) is 5.69 Å². The minimum atomic E-state index is -3.93. The smallest absolute Gasteiger partial charge is 0.243 e. The van der Waals surface area contributed by atoms with E-state index in [1.807, 2.05) is 26.0 Å². The Hall–Kier alpha value is -1.93. The monoisotopic (exact) mass is 396 g/mol. The zero-order valence-electron chi connectivity index (χ0n) is 14.6. The van der Waals surface area contributed by atoms with Crippen molar-refractivity contribution in [1.29, 1.82) is 0 Å². The first-order valence-electron chi connectivity index (χ1n) is 7.97. The molecule has 0 saturated carbocycles. The highest BCUT2D eigenvalue weighted by molar-refractivity contribution is 7.89. The topological polar surface area (TPSA) is 86.7 Å². The average Bonchev–Trinajstić information content (AvgIpc) is 2.57. The molecule has 6 nitrogen and oxygen atoms in total. The lowest BCUT2D eigenvalue weighted by atomic mass is 10.1. The third kappa shape index (κ3) is 5.04. The number of rotatable bonds is 7. The summed E-state index contributed by atoms with van der Waals surface area (Å²) in [5.41, 5.74) is 2.56. The molecule has 0 fully saturated rings. The number of benzene rings is 2. The number of hydrogen-bond acceptors (Lipinski definition) is 4. The Morgan fingerprint density at radius 3 is 2.38 bits per heavy atom. The van der Waals surface area contributed by atoms with E-state index in [1.54, 1.807) is 6.07 Å². The maximum atomic E-state index is 12.7. The van der Waals surface area contributed by atoms with Gasteiger partial charge in [-0.15, -0.1) is 0 Å². The number of amides is 1. The second-order valence-electron chi connectivity index (χ2n) is 5.88. The van der Waals surface area contributed by atoms with Gasteiger partial charge >= 0.3 is 0 Å². The Morgan fingerprint density at radius 2 is 1.81 bits per heavy atom. The molecule has 0 bridgehead atoms. The van der Waals surface area contributed by atoms with Gasteiger partial charge in [0.1, 0.15) is 0 Å². The Balaban J connectivity index is 2.18. The van der Waals surface area contributed by atoms with Crippen LogP contribution in [0.25, 0.3) is 0 Å². The third-order valence-corrected chi connectivity index (χ3v) is 5.89. The highest BCUT2D eigenvalue weighted by Gasteiger charge is 2.26. The largest absolute Gasteiger partial charge is 0.395 e. The normalized spacial score (nSPS) is 11.6. The molecule has 0 spiro atoms. The molecule has 0 heterocycles. The number of carbonyl (C=O) groups excluding carboxylic acids is 1. The molecule has 0 unspecified atom stereocenters. The fourth-order valence-electron chi connectivity index (χ4n) is 2.46. The van der Waals surface area contributed by atoms with Crippen LogP contribution in [0.1, 0.15) is 11.1 Å². The predicted octanol–water partition coefficient (Wildman–Crippen LogP) is 2.58. The molecule has 0 atom stereocenters. The van der Waals surface area contributed by atoms with Gasteiger partial charge in [-0.2, -0.15) is 4.31 Å². The molecule has 26 heavy (non-hydrogen) atoms. The van der Waals surface area contributed by atoms with Crippen LogP contribution in [0.2, 0.25) is 5.02 Å². The highest BCUT2D eigenvalue weighted by atomic mass is 35.5. The van der Waals surface area contributed by atoms with Gasteiger partial charge in [0.2, 0.25) is 15.9 Å². The summed E-state index contributed by atoms with van der Waals surface area (Å²) in [5.74, 6) is -0.483. The van der Waals surface area contributed by atoms with Crippen molar-refractivity contribution in [3.8, 4) is 0 Å². The van der Waals surface area contributed by atoms with Crippen molar-refractivity contribution >= 4 is 33.2 Å². The standard InChI is InChI=1S/C18H21ClN2O4S/c1-13-3-8-17(14(2)11-13)20-18(23)12-21(9-10-22)26(24,25)16-6-4-15(19)5-7-16/h3-8,11,22H,9-10,12H2,1-2H3,(H,20,23). The third-order valence-electron chi connectivity index (χ3n) is 3.78. The minimum Gasteiger partial charge on any atom is -0.395 e. The molecule has 0 aliphatic heterocycles. The summed E-state index contributed by atoms with van der Waals surface area (Å²) in [4.78, 5) is 12.4. The van der Waals surface area contributed by atoms with Gasteiger partial charge in [0, 0.05) is 17.3 Å². The van der Waals surface area contributed by atoms with Crippen LogP contribution in [0.15, 0.2) is 47.4 Å². The molecular formula is C18H21ClN2O4S. The van der Waals surface area contributed by atoms with Crippen molar-refractivity contribution in [1.82, 2.24) is 4.31 Å². The van der Waals surface area contributed by atoms with E-state index < -0.39 is 29.1 Å². The summed E-state index contributed by atoms with van der Waals surface area (Å²) in [6.07, 6.45) is 0. The summed E-state index contributed by atoms with van der Waals surface area (Å²) in [6.45, 7) is 2.81. The van der Waals surface area contributed by atoms with Gasteiger partial charge in [0.05, 0.1) is 18.0 Å². The lowest BCUT2D eigenvalue weighted by Gasteiger charge is -2.21. The number of carbonyl (C=O) groups is 1. The molecule has 2 N–H and O–H groups in total. The van der Waals surface area contributed by atoms with Crippen LogP contribution in [-0.2, 0) is 14.8 Å². The van der Waals surface area contributed by atoms with E-state index in [-0.39, 0.29) is 11.4 Å². The molecule has 140 valence electrons. The maximum Gasteiger partial charge on any atom is 0.243 e. The number of aliphatic hydroxyl groups is 1. The fraction of sp³-hybridized carbons (Fsp3) is 0.278.